The zero-order valence-corrected chi connectivity index (χ0v) is 14.1. The van der Waals surface area contributed by atoms with Gasteiger partial charge in [-0.2, -0.15) is 0 Å². The Morgan fingerprint density at radius 2 is 2.14 bits per heavy atom. The third-order valence-electron chi connectivity index (χ3n) is 3.02. The molecule has 0 bridgehead atoms. The van der Waals surface area contributed by atoms with Gasteiger partial charge in [-0.1, -0.05) is 18.5 Å². The largest absolute Gasteiger partial charge is 0.398 e. The van der Waals surface area contributed by atoms with Crippen LogP contribution in [-0.4, -0.2) is 13.4 Å². The van der Waals surface area contributed by atoms with E-state index in [0.29, 0.717) is 16.3 Å². The van der Waals surface area contributed by atoms with E-state index in [0.717, 1.165) is 16.3 Å². The molecule has 0 aliphatic carbocycles. The highest BCUT2D eigenvalue weighted by molar-refractivity contribution is 7.89. The van der Waals surface area contributed by atoms with Gasteiger partial charge in [-0.05, 0) is 31.0 Å². The van der Waals surface area contributed by atoms with Crippen LogP contribution < -0.4 is 10.5 Å². The third-order valence-corrected chi connectivity index (χ3v) is 5.91. The van der Waals surface area contributed by atoms with Gasteiger partial charge in [0.2, 0.25) is 10.0 Å². The highest BCUT2D eigenvalue weighted by Crippen LogP contribution is 2.26. The fraction of sp³-hybridized carbons (Fsp3) is 0.308. The summed E-state index contributed by atoms with van der Waals surface area (Å²) >= 11 is 7.38. The van der Waals surface area contributed by atoms with Crippen molar-refractivity contribution in [2.45, 2.75) is 31.7 Å². The van der Waals surface area contributed by atoms with Gasteiger partial charge in [0.05, 0.1) is 11.4 Å². The summed E-state index contributed by atoms with van der Waals surface area (Å²) in [6.07, 6.45) is 2.64. The van der Waals surface area contributed by atoms with Crippen molar-refractivity contribution in [1.82, 2.24) is 9.71 Å². The molecule has 2 aromatic rings. The lowest BCUT2D eigenvalue weighted by molar-refractivity contribution is 0.580. The van der Waals surface area contributed by atoms with Gasteiger partial charge in [-0.15, -0.1) is 11.3 Å². The minimum atomic E-state index is -3.68. The molecule has 0 fully saturated rings. The second kappa shape index (κ2) is 6.31. The summed E-state index contributed by atoms with van der Waals surface area (Å²) in [5.74, 6) is 0. The number of anilines is 1. The molecule has 114 valence electrons. The number of hydrogen-bond donors (Lipinski definition) is 2. The van der Waals surface area contributed by atoms with Crippen LogP contribution in [0.5, 0.6) is 0 Å². The maximum atomic E-state index is 12.4. The van der Waals surface area contributed by atoms with E-state index in [-0.39, 0.29) is 11.4 Å². The predicted octanol–water partition coefficient (Wildman–Crippen LogP) is 2.73. The van der Waals surface area contributed by atoms with Crippen molar-refractivity contribution >= 4 is 38.6 Å². The van der Waals surface area contributed by atoms with E-state index in [1.165, 1.54) is 23.5 Å². The van der Waals surface area contributed by atoms with Crippen LogP contribution >= 0.6 is 22.9 Å². The molecule has 0 atom stereocenters. The Hall–Kier alpha value is -1.15. The van der Waals surface area contributed by atoms with Crippen LogP contribution in [0.25, 0.3) is 0 Å². The number of benzene rings is 1. The predicted molar refractivity (Wildman–Crippen MR) is 86.1 cm³/mol. The maximum absolute atomic E-state index is 12.4. The van der Waals surface area contributed by atoms with Crippen molar-refractivity contribution in [2.24, 2.45) is 0 Å². The minimum absolute atomic E-state index is 0.0970. The average Bonchev–Trinajstić information content (AvgIpc) is 2.88. The molecule has 21 heavy (non-hydrogen) atoms. The smallest absolute Gasteiger partial charge is 0.241 e. The van der Waals surface area contributed by atoms with E-state index >= 15 is 0 Å². The van der Waals surface area contributed by atoms with Gasteiger partial charge in [0, 0.05) is 21.8 Å². The van der Waals surface area contributed by atoms with Crippen molar-refractivity contribution in [1.29, 1.82) is 0 Å². The van der Waals surface area contributed by atoms with Crippen molar-refractivity contribution < 1.29 is 8.42 Å². The fourth-order valence-corrected chi connectivity index (χ4v) is 4.25. The van der Waals surface area contributed by atoms with Crippen molar-refractivity contribution in [3.8, 4) is 0 Å². The summed E-state index contributed by atoms with van der Waals surface area (Å²) < 4.78 is 27.2. The number of aromatic nitrogens is 1. The number of aryl methyl sites for hydroxylation is 1. The molecule has 0 radical (unpaired) electrons. The molecule has 0 aliphatic heterocycles. The maximum Gasteiger partial charge on any atom is 0.241 e. The standard InChI is InChI=1S/C13H16ClN3O2S2/c1-3-10-6-16-13(20-10)7-17-21(18,19)12-5-9(14)4-11(15)8(12)2/h4-6,17H,3,7,15H2,1-2H3. The topological polar surface area (TPSA) is 85.1 Å². The molecule has 0 spiro atoms. The molecule has 0 aliphatic rings. The first kappa shape index (κ1) is 16.2. The summed E-state index contributed by atoms with van der Waals surface area (Å²) in [6.45, 7) is 3.83. The summed E-state index contributed by atoms with van der Waals surface area (Å²) in [7, 11) is -3.68. The summed E-state index contributed by atoms with van der Waals surface area (Å²) in [6, 6.07) is 2.93. The molecule has 0 saturated heterocycles. The first-order chi connectivity index (χ1) is 9.83. The van der Waals surface area contributed by atoms with Crippen LogP contribution in [0.3, 0.4) is 0 Å². The van der Waals surface area contributed by atoms with Crippen LogP contribution in [0.1, 0.15) is 22.4 Å². The molecular weight excluding hydrogens is 330 g/mol. The SMILES string of the molecule is CCc1cnc(CNS(=O)(=O)c2cc(Cl)cc(N)c2C)s1. The number of nitrogen functional groups attached to an aromatic ring is 1. The molecule has 0 saturated carbocycles. The number of hydrogen-bond acceptors (Lipinski definition) is 5. The van der Waals surface area contributed by atoms with Gasteiger partial charge >= 0.3 is 0 Å². The normalized spacial score (nSPS) is 11.8. The Morgan fingerprint density at radius 3 is 2.76 bits per heavy atom. The summed E-state index contributed by atoms with van der Waals surface area (Å²) in [5.41, 5.74) is 6.60. The molecule has 1 aromatic carbocycles. The van der Waals surface area contributed by atoms with E-state index in [9.17, 15) is 8.42 Å². The Bertz CT molecular complexity index is 757. The molecule has 1 heterocycles. The molecule has 8 heteroatoms. The molecule has 0 amide bonds. The van der Waals surface area contributed by atoms with E-state index in [2.05, 4.69) is 9.71 Å². The van der Waals surface area contributed by atoms with Crippen molar-refractivity contribution in [3.05, 3.63) is 38.8 Å². The number of nitrogens with one attached hydrogen (secondary N) is 1. The van der Waals surface area contributed by atoms with Gasteiger partial charge < -0.3 is 5.73 Å². The molecular formula is C13H16ClN3O2S2. The fourth-order valence-electron chi connectivity index (χ4n) is 1.78. The van der Waals surface area contributed by atoms with Crippen molar-refractivity contribution in [3.63, 3.8) is 0 Å². The van der Waals surface area contributed by atoms with Gasteiger partial charge in [-0.3, -0.25) is 0 Å². The first-order valence-corrected chi connectivity index (χ1v) is 9.00. The van der Waals surface area contributed by atoms with Gasteiger partial charge in [-0.25, -0.2) is 18.1 Å². The Morgan fingerprint density at radius 1 is 1.43 bits per heavy atom. The molecule has 1 aromatic heterocycles. The van der Waals surface area contributed by atoms with E-state index in [1.54, 1.807) is 13.1 Å². The van der Waals surface area contributed by atoms with Gasteiger partial charge in [0.15, 0.2) is 0 Å². The van der Waals surface area contributed by atoms with Crippen molar-refractivity contribution in [2.75, 3.05) is 5.73 Å². The quantitative estimate of drug-likeness (QED) is 0.816. The first-order valence-electron chi connectivity index (χ1n) is 6.32. The number of sulfonamides is 1. The Balaban J connectivity index is 2.22. The highest BCUT2D eigenvalue weighted by atomic mass is 35.5. The van der Waals surface area contributed by atoms with Crippen LogP contribution in [0.4, 0.5) is 5.69 Å². The average molecular weight is 346 g/mol. The zero-order chi connectivity index (χ0) is 15.6. The van der Waals surface area contributed by atoms with Crippen LogP contribution in [0, 0.1) is 6.92 Å². The molecule has 5 nitrogen and oxygen atoms in total. The monoisotopic (exact) mass is 345 g/mol. The lowest BCUT2D eigenvalue weighted by Gasteiger charge is -2.11. The van der Waals surface area contributed by atoms with E-state index in [4.69, 9.17) is 17.3 Å². The Kier molecular flexibility index (Phi) is 4.88. The lowest BCUT2D eigenvalue weighted by Crippen LogP contribution is -2.24. The highest BCUT2D eigenvalue weighted by Gasteiger charge is 2.19. The van der Waals surface area contributed by atoms with E-state index in [1.807, 2.05) is 6.92 Å². The second-order valence-corrected chi connectivity index (χ2v) is 7.89. The molecule has 3 N–H and O–H groups in total. The van der Waals surface area contributed by atoms with Crippen LogP contribution in [-0.2, 0) is 23.0 Å². The van der Waals surface area contributed by atoms with Gasteiger partial charge in [0.1, 0.15) is 5.01 Å². The second-order valence-electron chi connectivity index (χ2n) is 4.52. The number of thiazole rings is 1. The minimum Gasteiger partial charge on any atom is -0.398 e. The summed E-state index contributed by atoms with van der Waals surface area (Å²) in [5, 5.41) is 1.02. The van der Waals surface area contributed by atoms with E-state index < -0.39 is 10.0 Å². The number of nitrogens with zero attached hydrogens (tertiary/aromatic N) is 1. The van der Waals surface area contributed by atoms with Crippen LogP contribution in [0.15, 0.2) is 23.2 Å². The number of rotatable bonds is 5. The number of nitrogens with two attached hydrogens (primary N) is 1. The third kappa shape index (κ3) is 3.74. The zero-order valence-electron chi connectivity index (χ0n) is 11.7. The Labute approximate surface area is 133 Å². The summed E-state index contributed by atoms with van der Waals surface area (Å²) in [4.78, 5) is 5.40. The number of halogens is 1. The lowest BCUT2D eigenvalue weighted by atomic mass is 10.2. The molecule has 2 rings (SSSR count). The van der Waals surface area contributed by atoms with Gasteiger partial charge in [0.25, 0.3) is 0 Å². The van der Waals surface area contributed by atoms with Crippen LogP contribution in [0.2, 0.25) is 5.02 Å². The molecule has 0 unspecified atom stereocenters.